The van der Waals surface area contributed by atoms with E-state index in [4.69, 9.17) is 4.52 Å². The number of carbonyl (C=O) groups excluding carboxylic acids is 2. The minimum absolute atomic E-state index is 0.00143. The van der Waals surface area contributed by atoms with Crippen molar-refractivity contribution >= 4 is 32.8 Å². The number of para-hydroxylation sites is 1. The summed E-state index contributed by atoms with van der Waals surface area (Å²) in [4.78, 5) is 31.4. The molecule has 2 aromatic rings. The van der Waals surface area contributed by atoms with Crippen molar-refractivity contribution in [2.75, 3.05) is 32.4 Å². The van der Waals surface area contributed by atoms with Crippen LogP contribution in [0.1, 0.15) is 57.1 Å². The Morgan fingerprint density at radius 3 is 2.38 bits per heavy atom. The van der Waals surface area contributed by atoms with Crippen LogP contribution in [0.25, 0.3) is 11.0 Å². The van der Waals surface area contributed by atoms with E-state index in [0.29, 0.717) is 24.3 Å². The van der Waals surface area contributed by atoms with Crippen molar-refractivity contribution in [3.8, 4) is 0 Å². The van der Waals surface area contributed by atoms with Crippen molar-refractivity contribution in [3.05, 3.63) is 30.0 Å². The number of hydrogen-bond donors (Lipinski definition) is 1. The first-order valence-corrected chi connectivity index (χ1v) is 17.0. The number of hydrogen-bond acceptors (Lipinski definition) is 7. The second-order valence-corrected chi connectivity index (χ2v) is 15.0. The molecule has 2 amide bonds. The van der Waals surface area contributed by atoms with Crippen LogP contribution in [0, 0.1) is 41.4 Å². The van der Waals surface area contributed by atoms with Gasteiger partial charge in [0, 0.05) is 30.4 Å². The van der Waals surface area contributed by atoms with E-state index >= 15 is 0 Å². The first-order chi connectivity index (χ1) is 19.2. The maximum atomic E-state index is 13.6. The number of carbonyl (C=O) groups is 2. The molecule has 5 aliphatic rings. The standard InChI is InChI=1S/C30H40N4O5S/c1-17-22-14-23(27(17)32-40(2,37)38)26-25(22)29(35)34(30(26)36)16-20-7-5-6-19(20)15-33-12-10-18(11-13-33)28-21-8-3-4-9-24(21)39-31-28/h3-4,8-9,17-20,22-23,25-27,32H,5-7,10-16H2,1-2H3/t17?,19-,20-,22?,23?,25?,26?,27?/m1/s1. The molecule has 3 aliphatic carbocycles. The van der Waals surface area contributed by atoms with Crippen LogP contribution in [0.5, 0.6) is 0 Å². The molecule has 3 heterocycles. The summed E-state index contributed by atoms with van der Waals surface area (Å²) in [5.41, 5.74) is 1.94. The Labute approximate surface area is 236 Å². The molecule has 3 saturated carbocycles. The Kier molecular flexibility index (Phi) is 6.59. The van der Waals surface area contributed by atoms with Gasteiger partial charge in [0.25, 0.3) is 0 Å². The lowest BCUT2D eigenvalue weighted by molar-refractivity contribution is -0.141. The number of benzene rings is 1. The SMILES string of the molecule is CC1C2CC(C1NS(C)(=O)=O)C1C(=O)N(C[C@H]3CCC[C@@H]3CN3CCC(c4noc5ccccc45)CC3)C(=O)C21. The third kappa shape index (κ3) is 4.41. The van der Waals surface area contributed by atoms with Crippen LogP contribution in [-0.4, -0.2) is 73.7 Å². The zero-order chi connectivity index (χ0) is 27.8. The molecule has 8 atom stereocenters. The lowest BCUT2D eigenvalue weighted by Gasteiger charge is -2.35. The molecular formula is C30H40N4O5S. The van der Waals surface area contributed by atoms with Crippen molar-refractivity contribution in [1.29, 1.82) is 0 Å². The molecule has 9 nitrogen and oxygen atoms in total. The quantitative estimate of drug-likeness (QED) is 0.511. The fourth-order valence-corrected chi connectivity index (χ4v) is 10.1. The summed E-state index contributed by atoms with van der Waals surface area (Å²) >= 11 is 0. The summed E-state index contributed by atoms with van der Waals surface area (Å²) in [5, 5.41) is 5.53. The van der Waals surface area contributed by atoms with Crippen molar-refractivity contribution in [1.82, 2.24) is 19.7 Å². The molecule has 1 aromatic carbocycles. The number of imide groups is 1. The van der Waals surface area contributed by atoms with Crippen molar-refractivity contribution < 1.29 is 22.5 Å². The number of piperidine rings is 1. The molecular weight excluding hydrogens is 528 g/mol. The zero-order valence-electron chi connectivity index (χ0n) is 23.4. The monoisotopic (exact) mass is 568 g/mol. The van der Waals surface area contributed by atoms with Crippen LogP contribution in [0.15, 0.2) is 28.8 Å². The maximum Gasteiger partial charge on any atom is 0.233 e. The van der Waals surface area contributed by atoms with Gasteiger partial charge in [-0.15, -0.1) is 0 Å². The van der Waals surface area contributed by atoms with Crippen molar-refractivity contribution in [2.45, 2.75) is 57.4 Å². The van der Waals surface area contributed by atoms with E-state index in [1.807, 2.05) is 25.1 Å². The number of amides is 2. The van der Waals surface area contributed by atoms with Gasteiger partial charge in [0.05, 0.1) is 23.8 Å². The Balaban J connectivity index is 0.977. The fourth-order valence-electron chi connectivity index (χ4n) is 9.22. The summed E-state index contributed by atoms with van der Waals surface area (Å²) in [6.07, 6.45) is 7.40. The number of sulfonamides is 1. The Bertz CT molecular complexity index is 1420. The highest BCUT2D eigenvalue weighted by atomic mass is 32.2. The molecule has 0 spiro atoms. The number of fused-ring (bicyclic) bond motifs is 6. The minimum Gasteiger partial charge on any atom is -0.356 e. The van der Waals surface area contributed by atoms with Gasteiger partial charge >= 0.3 is 0 Å². The van der Waals surface area contributed by atoms with Gasteiger partial charge in [-0.3, -0.25) is 14.5 Å². The van der Waals surface area contributed by atoms with E-state index in [2.05, 4.69) is 20.8 Å². The summed E-state index contributed by atoms with van der Waals surface area (Å²) in [5.74, 6) is 0.620. The van der Waals surface area contributed by atoms with Crippen LogP contribution in [0.4, 0.5) is 0 Å². The van der Waals surface area contributed by atoms with E-state index in [0.717, 1.165) is 74.8 Å². The lowest BCUT2D eigenvalue weighted by Crippen LogP contribution is -2.48. The molecule has 10 heteroatoms. The second kappa shape index (κ2) is 9.91. The van der Waals surface area contributed by atoms with E-state index in [9.17, 15) is 18.0 Å². The van der Waals surface area contributed by atoms with Crippen molar-refractivity contribution in [2.24, 2.45) is 41.4 Å². The van der Waals surface area contributed by atoms with Gasteiger partial charge in [-0.25, -0.2) is 13.1 Å². The first kappa shape index (κ1) is 26.6. The van der Waals surface area contributed by atoms with E-state index < -0.39 is 10.0 Å². The normalized spacial score (nSPS) is 36.8. The molecule has 216 valence electrons. The predicted molar refractivity (Wildman–Crippen MR) is 149 cm³/mol. The topological polar surface area (TPSA) is 113 Å². The van der Waals surface area contributed by atoms with Gasteiger partial charge in [0.15, 0.2) is 5.58 Å². The second-order valence-electron chi connectivity index (χ2n) is 13.3. The lowest BCUT2D eigenvalue weighted by atomic mass is 9.73. The number of aromatic nitrogens is 1. The average molecular weight is 569 g/mol. The summed E-state index contributed by atoms with van der Waals surface area (Å²) in [7, 11) is -3.38. The van der Waals surface area contributed by atoms with E-state index in [1.54, 1.807) is 4.90 Å². The highest BCUT2D eigenvalue weighted by molar-refractivity contribution is 7.88. The maximum absolute atomic E-state index is 13.6. The van der Waals surface area contributed by atoms with E-state index in [-0.39, 0.29) is 47.4 Å². The van der Waals surface area contributed by atoms with E-state index in [1.165, 1.54) is 6.26 Å². The van der Waals surface area contributed by atoms with Gasteiger partial charge < -0.3 is 9.42 Å². The summed E-state index contributed by atoms with van der Waals surface area (Å²) < 4.78 is 32.3. The van der Waals surface area contributed by atoms with Gasteiger partial charge in [-0.1, -0.05) is 30.6 Å². The van der Waals surface area contributed by atoms with Crippen LogP contribution < -0.4 is 4.72 Å². The molecule has 40 heavy (non-hydrogen) atoms. The van der Waals surface area contributed by atoms with Crippen molar-refractivity contribution in [3.63, 3.8) is 0 Å². The van der Waals surface area contributed by atoms with Gasteiger partial charge in [0.2, 0.25) is 21.8 Å². The fraction of sp³-hybridized carbons (Fsp3) is 0.700. The molecule has 6 unspecified atom stereocenters. The molecule has 5 fully saturated rings. The van der Waals surface area contributed by atoms with Crippen LogP contribution in [0.3, 0.4) is 0 Å². The molecule has 7 rings (SSSR count). The Morgan fingerprint density at radius 1 is 0.975 bits per heavy atom. The predicted octanol–water partition coefficient (Wildman–Crippen LogP) is 3.23. The smallest absolute Gasteiger partial charge is 0.233 e. The molecule has 2 bridgehead atoms. The molecule has 2 saturated heterocycles. The Morgan fingerprint density at radius 2 is 1.65 bits per heavy atom. The number of nitrogens with zero attached hydrogens (tertiary/aromatic N) is 3. The van der Waals surface area contributed by atoms with Crippen LogP contribution >= 0.6 is 0 Å². The molecule has 1 N–H and O–H groups in total. The first-order valence-electron chi connectivity index (χ1n) is 15.1. The Hall–Kier alpha value is -2.30. The molecule has 2 aliphatic heterocycles. The highest BCUT2D eigenvalue weighted by Gasteiger charge is 2.66. The number of likely N-dealkylation sites (tertiary alicyclic amines) is 2. The van der Waals surface area contributed by atoms with Gasteiger partial charge in [-0.2, -0.15) is 0 Å². The van der Waals surface area contributed by atoms with Crippen LogP contribution in [-0.2, 0) is 19.6 Å². The molecule has 1 aromatic heterocycles. The average Bonchev–Trinajstić information content (AvgIpc) is 3.73. The molecule has 0 radical (unpaired) electrons. The number of rotatable bonds is 7. The zero-order valence-corrected chi connectivity index (χ0v) is 24.2. The minimum atomic E-state index is -3.38. The van der Waals surface area contributed by atoms with Gasteiger partial charge in [-0.05, 0) is 86.9 Å². The summed E-state index contributed by atoms with van der Waals surface area (Å²) in [6.45, 7) is 5.62. The summed E-state index contributed by atoms with van der Waals surface area (Å²) in [6, 6.07) is 7.83. The third-order valence-electron chi connectivity index (χ3n) is 11.1. The third-order valence-corrected chi connectivity index (χ3v) is 11.8. The largest absolute Gasteiger partial charge is 0.356 e. The van der Waals surface area contributed by atoms with Crippen LogP contribution in [0.2, 0.25) is 0 Å². The number of nitrogens with one attached hydrogen (secondary N) is 1. The van der Waals surface area contributed by atoms with Gasteiger partial charge in [0.1, 0.15) is 0 Å². The highest BCUT2D eigenvalue weighted by Crippen LogP contribution is 2.59.